The third-order valence-electron chi connectivity index (χ3n) is 4.93. The topological polar surface area (TPSA) is 64.7 Å². The van der Waals surface area contributed by atoms with Crippen molar-refractivity contribution < 1.29 is 9.59 Å². The monoisotopic (exact) mass is 464 g/mol. The van der Waals surface area contributed by atoms with Gasteiger partial charge >= 0.3 is 0 Å². The molecule has 1 aliphatic rings. The molecule has 2 amide bonds. The maximum Gasteiger partial charge on any atom is 0.257 e. The van der Waals surface area contributed by atoms with E-state index in [4.69, 9.17) is 35.4 Å². The van der Waals surface area contributed by atoms with Gasteiger partial charge in [-0.3, -0.25) is 14.9 Å². The molecule has 3 rings (SSSR count). The number of hydrogen-bond donors (Lipinski definition) is 2. The predicted octanol–water partition coefficient (Wildman–Crippen LogP) is 4.10. The van der Waals surface area contributed by atoms with Crippen molar-refractivity contribution in [1.29, 1.82) is 0 Å². The lowest BCUT2D eigenvalue weighted by Gasteiger charge is -2.36. The molecule has 0 bridgehead atoms. The Morgan fingerprint density at radius 3 is 2.30 bits per heavy atom. The maximum atomic E-state index is 12.4. The van der Waals surface area contributed by atoms with Crippen molar-refractivity contribution in [2.24, 2.45) is 0 Å². The highest BCUT2D eigenvalue weighted by Crippen LogP contribution is 2.29. The molecule has 9 heteroatoms. The van der Waals surface area contributed by atoms with Gasteiger partial charge in [0, 0.05) is 49.4 Å². The van der Waals surface area contributed by atoms with Crippen molar-refractivity contribution in [1.82, 2.24) is 10.2 Å². The van der Waals surface area contributed by atoms with Gasteiger partial charge in [0.25, 0.3) is 5.91 Å². The van der Waals surface area contributed by atoms with Crippen molar-refractivity contribution in [3.8, 4) is 0 Å². The first-order chi connectivity index (χ1) is 14.2. The van der Waals surface area contributed by atoms with Crippen molar-refractivity contribution in [3.05, 3.63) is 57.6 Å². The summed E-state index contributed by atoms with van der Waals surface area (Å²) in [5, 5.41) is 6.86. The number of aryl methyl sites for hydroxylation is 1. The van der Waals surface area contributed by atoms with Crippen LogP contribution in [0, 0.1) is 6.92 Å². The summed E-state index contributed by atoms with van der Waals surface area (Å²) < 4.78 is 0. The van der Waals surface area contributed by atoms with Crippen molar-refractivity contribution >= 4 is 63.7 Å². The zero-order valence-electron chi connectivity index (χ0n) is 16.7. The molecule has 2 N–H and O–H groups in total. The Morgan fingerprint density at radius 2 is 1.70 bits per heavy atom. The number of piperazine rings is 1. The number of carbonyl (C=O) groups is 2. The second kappa shape index (κ2) is 9.64. The highest BCUT2D eigenvalue weighted by atomic mass is 35.5. The van der Waals surface area contributed by atoms with Gasteiger partial charge in [-0.1, -0.05) is 29.3 Å². The highest BCUT2D eigenvalue weighted by Gasteiger charge is 2.20. The summed E-state index contributed by atoms with van der Waals surface area (Å²) in [4.78, 5) is 27.8. The molecule has 0 radical (unpaired) electrons. The van der Waals surface area contributed by atoms with Crippen LogP contribution < -0.4 is 15.5 Å². The molecular weight excluding hydrogens is 443 g/mol. The first-order valence-corrected chi connectivity index (χ1v) is 10.6. The fourth-order valence-electron chi connectivity index (χ4n) is 3.18. The van der Waals surface area contributed by atoms with Crippen LogP contribution in [0.1, 0.15) is 22.8 Å². The fraction of sp³-hybridized carbons (Fsp3) is 0.286. The van der Waals surface area contributed by atoms with Crippen LogP contribution in [0.2, 0.25) is 10.0 Å². The Morgan fingerprint density at radius 1 is 1.00 bits per heavy atom. The number of hydrogen-bond acceptors (Lipinski definition) is 4. The molecule has 1 fully saturated rings. The summed E-state index contributed by atoms with van der Waals surface area (Å²) in [7, 11) is 0. The quantitative estimate of drug-likeness (QED) is 0.669. The SMILES string of the molecule is CC(=O)N1CCN(c2ccc(NC(=S)NC(=O)c3ccc(C)c(Cl)c3)cc2Cl)CC1. The Bertz CT molecular complexity index is 991. The Balaban J connectivity index is 1.60. The molecule has 0 saturated carbocycles. The lowest BCUT2D eigenvalue weighted by Crippen LogP contribution is -2.48. The lowest BCUT2D eigenvalue weighted by molar-refractivity contribution is -0.129. The van der Waals surface area contributed by atoms with Gasteiger partial charge in [0.1, 0.15) is 0 Å². The summed E-state index contributed by atoms with van der Waals surface area (Å²) >= 11 is 17.8. The van der Waals surface area contributed by atoms with E-state index in [9.17, 15) is 9.59 Å². The van der Waals surface area contributed by atoms with Gasteiger partial charge in [-0.05, 0) is 55.0 Å². The largest absolute Gasteiger partial charge is 0.367 e. The summed E-state index contributed by atoms with van der Waals surface area (Å²) in [5.41, 5.74) is 2.88. The van der Waals surface area contributed by atoms with E-state index in [1.165, 1.54) is 0 Å². The van der Waals surface area contributed by atoms with Crippen molar-refractivity contribution in [3.63, 3.8) is 0 Å². The number of nitrogens with zero attached hydrogens (tertiary/aromatic N) is 2. The minimum absolute atomic E-state index is 0.0868. The molecule has 158 valence electrons. The molecule has 1 aliphatic heterocycles. The lowest BCUT2D eigenvalue weighted by atomic mass is 10.1. The summed E-state index contributed by atoms with van der Waals surface area (Å²) in [6.45, 7) is 6.24. The molecule has 0 aliphatic carbocycles. The molecule has 0 aromatic heterocycles. The van der Waals surface area contributed by atoms with E-state index in [0.29, 0.717) is 34.4 Å². The summed E-state index contributed by atoms with van der Waals surface area (Å²) in [6, 6.07) is 10.6. The molecule has 0 unspecified atom stereocenters. The smallest absolute Gasteiger partial charge is 0.257 e. The van der Waals surface area contributed by atoms with E-state index < -0.39 is 0 Å². The molecule has 0 spiro atoms. The highest BCUT2D eigenvalue weighted by molar-refractivity contribution is 7.80. The second-order valence-corrected chi connectivity index (χ2v) is 8.25. The van der Waals surface area contributed by atoms with Gasteiger partial charge in [0.05, 0.1) is 10.7 Å². The number of benzene rings is 2. The molecule has 2 aromatic rings. The molecule has 6 nitrogen and oxygen atoms in total. The van der Waals surface area contributed by atoms with E-state index in [0.717, 1.165) is 24.3 Å². The molecule has 1 heterocycles. The van der Waals surface area contributed by atoms with Crippen LogP contribution >= 0.6 is 35.4 Å². The minimum Gasteiger partial charge on any atom is -0.367 e. The zero-order chi connectivity index (χ0) is 21.8. The van der Waals surface area contributed by atoms with Crippen LogP contribution in [0.5, 0.6) is 0 Å². The van der Waals surface area contributed by atoms with Crippen LogP contribution in [0.3, 0.4) is 0 Å². The summed E-state index contributed by atoms with van der Waals surface area (Å²) in [6.07, 6.45) is 0. The first-order valence-electron chi connectivity index (χ1n) is 9.43. The third-order valence-corrected chi connectivity index (χ3v) is 5.85. The maximum absolute atomic E-state index is 12.4. The normalized spacial score (nSPS) is 13.7. The van der Waals surface area contributed by atoms with Gasteiger partial charge in [0.15, 0.2) is 5.11 Å². The second-order valence-electron chi connectivity index (χ2n) is 7.03. The average Bonchev–Trinajstić information content (AvgIpc) is 2.70. The molecule has 2 aromatic carbocycles. The molecule has 1 saturated heterocycles. The van der Waals surface area contributed by atoms with Crippen molar-refractivity contribution in [2.45, 2.75) is 13.8 Å². The minimum atomic E-state index is -0.347. The number of thiocarbonyl (C=S) groups is 1. The first kappa shape index (κ1) is 22.3. The van der Waals surface area contributed by atoms with Crippen LogP contribution in [-0.2, 0) is 4.79 Å². The van der Waals surface area contributed by atoms with Crippen molar-refractivity contribution in [2.75, 3.05) is 36.4 Å². The fourth-order valence-corrected chi connectivity index (χ4v) is 3.87. The van der Waals surface area contributed by atoms with Crippen LogP contribution in [0.25, 0.3) is 0 Å². The molecule has 30 heavy (non-hydrogen) atoms. The number of halogens is 2. The Labute approximate surface area is 191 Å². The zero-order valence-corrected chi connectivity index (χ0v) is 19.0. The Kier molecular flexibility index (Phi) is 7.18. The van der Waals surface area contributed by atoms with E-state index >= 15 is 0 Å². The van der Waals surface area contributed by atoms with E-state index in [-0.39, 0.29) is 16.9 Å². The predicted molar refractivity (Wildman–Crippen MR) is 126 cm³/mol. The number of amides is 2. The molecular formula is C21H22Cl2N4O2S. The third kappa shape index (κ3) is 5.41. The van der Waals surface area contributed by atoms with E-state index in [1.54, 1.807) is 31.2 Å². The van der Waals surface area contributed by atoms with Gasteiger partial charge < -0.3 is 15.1 Å². The molecule has 0 atom stereocenters. The van der Waals surface area contributed by atoms with Gasteiger partial charge in [-0.25, -0.2) is 0 Å². The van der Waals surface area contributed by atoms with Gasteiger partial charge in [-0.15, -0.1) is 0 Å². The summed E-state index contributed by atoms with van der Waals surface area (Å²) in [5.74, 6) is -0.260. The van der Waals surface area contributed by atoms with E-state index in [2.05, 4.69) is 15.5 Å². The number of carbonyl (C=O) groups excluding carboxylic acids is 2. The number of anilines is 2. The van der Waals surface area contributed by atoms with Crippen LogP contribution in [0.15, 0.2) is 36.4 Å². The van der Waals surface area contributed by atoms with Gasteiger partial charge in [0.2, 0.25) is 5.91 Å². The van der Waals surface area contributed by atoms with E-state index in [1.807, 2.05) is 24.0 Å². The standard InChI is InChI=1S/C21H22Cl2N4O2S/c1-13-3-4-15(11-17(13)22)20(29)25-21(30)24-16-5-6-19(18(23)12-16)27-9-7-26(8-10-27)14(2)28/h3-6,11-12H,7-10H2,1-2H3,(H2,24,25,29,30). The Hall–Kier alpha value is -2.35. The van der Waals surface area contributed by atoms with Crippen LogP contribution in [0.4, 0.5) is 11.4 Å². The average molecular weight is 465 g/mol. The number of rotatable bonds is 3. The van der Waals surface area contributed by atoms with Gasteiger partial charge in [-0.2, -0.15) is 0 Å². The van der Waals surface area contributed by atoms with Crippen LogP contribution in [-0.4, -0.2) is 48.0 Å². The number of nitrogens with one attached hydrogen (secondary N) is 2.